The first-order valence-corrected chi connectivity index (χ1v) is 8.10. The van der Waals surface area contributed by atoms with E-state index in [0.717, 1.165) is 38.8 Å². The van der Waals surface area contributed by atoms with Gasteiger partial charge in [0.25, 0.3) is 0 Å². The minimum absolute atomic E-state index is 0.259. The van der Waals surface area contributed by atoms with Crippen LogP contribution in [0.4, 0.5) is 0 Å². The topological polar surface area (TPSA) is 24.5 Å². The van der Waals surface area contributed by atoms with Crippen LogP contribution in [0.25, 0.3) is 0 Å². The van der Waals surface area contributed by atoms with E-state index >= 15 is 0 Å². The van der Waals surface area contributed by atoms with Gasteiger partial charge in [0.15, 0.2) is 0 Å². The molecule has 0 aromatic heterocycles. The molecule has 2 atom stereocenters. The van der Waals surface area contributed by atoms with E-state index in [2.05, 4.69) is 44.8 Å². The van der Waals surface area contributed by atoms with Crippen molar-refractivity contribution in [2.24, 2.45) is 5.92 Å². The molecule has 1 aliphatic rings. The number of hydrogen-bond acceptors (Lipinski definition) is 3. The van der Waals surface area contributed by atoms with Crippen LogP contribution in [-0.2, 0) is 4.74 Å². The number of nitrogens with zero attached hydrogens (tertiary/aromatic N) is 1. The third-order valence-corrected chi connectivity index (χ3v) is 4.68. The fourth-order valence-electron chi connectivity index (χ4n) is 3.14. The molecule has 1 saturated heterocycles. The van der Waals surface area contributed by atoms with Gasteiger partial charge in [0, 0.05) is 24.7 Å². The highest BCUT2D eigenvalue weighted by Gasteiger charge is 2.38. The van der Waals surface area contributed by atoms with Crippen LogP contribution >= 0.6 is 0 Å². The third kappa shape index (κ3) is 4.73. The van der Waals surface area contributed by atoms with Gasteiger partial charge in [-0.05, 0) is 38.6 Å². The summed E-state index contributed by atoms with van der Waals surface area (Å²) in [5.74, 6) is 0.784. The molecule has 1 N–H and O–H groups in total. The molecule has 1 aliphatic heterocycles. The molecule has 0 aromatic carbocycles. The highest BCUT2D eigenvalue weighted by molar-refractivity contribution is 4.97. The maximum atomic E-state index is 5.52. The zero-order chi connectivity index (χ0) is 14.3. The van der Waals surface area contributed by atoms with Gasteiger partial charge in [-0.2, -0.15) is 0 Å². The normalized spacial score (nSPS) is 22.4. The summed E-state index contributed by atoms with van der Waals surface area (Å²) in [6.07, 6.45) is 3.77. The molecule has 1 heterocycles. The first-order valence-electron chi connectivity index (χ1n) is 8.10. The summed E-state index contributed by atoms with van der Waals surface area (Å²) in [7, 11) is 0. The van der Waals surface area contributed by atoms with Crippen molar-refractivity contribution in [1.82, 2.24) is 10.2 Å². The quantitative estimate of drug-likeness (QED) is 0.734. The van der Waals surface area contributed by atoms with Crippen LogP contribution < -0.4 is 5.32 Å². The minimum atomic E-state index is 0.259. The van der Waals surface area contributed by atoms with E-state index in [1.807, 2.05) is 0 Å². The monoisotopic (exact) mass is 270 g/mol. The zero-order valence-corrected chi connectivity index (χ0v) is 13.7. The lowest BCUT2D eigenvalue weighted by Gasteiger charge is -2.48. The van der Waals surface area contributed by atoms with E-state index in [1.165, 1.54) is 19.3 Å². The maximum absolute atomic E-state index is 5.52. The average Bonchev–Trinajstić information content (AvgIpc) is 2.43. The Kier molecular flexibility index (Phi) is 7.33. The van der Waals surface area contributed by atoms with E-state index in [1.54, 1.807) is 0 Å². The molecular formula is C16H34N2O. The van der Waals surface area contributed by atoms with Crippen molar-refractivity contribution in [3.63, 3.8) is 0 Å². The Bertz CT molecular complexity index is 239. The molecule has 0 radical (unpaired) electrons. The highest BCUT2D eigenvalue weighted by Crippen LogP contribution is 2.28. The predicted molar refractivity (Wildman–Crippen MR) is 82.6 cm³/mol. The standard InChI is InChI=1S/C16H34N2O/c1-6-16(5,18-10-12-19-13-11-18)15(17-7-2)9-8-14(3)4/h14-15,17H,6-13H2,1-5H3. The van der Waals surface area contributed by atoms with Gasteiger partial charge in [-0.15, -0.1) is 0 Å². The van der Waals surface area contributed by atoms with Crippen molar-refractivity contribution in [2.45, 2.75) is 65.5 Å². The van der Waals surface area contributed by atoms with Crippen LogP contribution in [0.3, 0.4) is 0 Å². The van der Waals surface area contributed by atoms with Crippen LogP contribution in [0.2, 0.25) is 0 Å². The minimum Gasteiger partial charge on any atom is -0.379 e. The second-order valence-electron chi connectivity index (χ2n) is 6.39. The van der Waals surface area contributed by atoms with Crippen molar-refractivity contribution >= 4 is 0 Å². The molecule has 0 aliphatic carbocycles. The van der Waals surface area contributed by atoms with Gasteiger partial charge in [0.2, 0.25) is 0 Å². The SMILES string of the molecule is CCNC(CCC(C)C)C(C)(CC)N1CCOCC1. The molecule has 19 heavy (non-hydrogen) atoms. The summed E-state index contributed by atoms with van der Waals surface area (Å²) in [4.78, 5) is 2.64. The van der Waals surface area contributed by atoms with E-state index < -0.39 is 0 Å². The molecule has 0 saturated carbocycles. The van der Waals surface area contributed by atoms with Gasteiger partial charge >= 0.3 is 0 Å². The summed E-state index contributed by atoms with van der Waals surface area (Å²) in [6, 6.07) is 0.586. The van der Waals surface area contributed by atoms with Crippen LogP contribution in [0.15, 0.2) is 0 Å². The van der Waals surface area contributed by atoms with Crippen LogP contribution in [0, 0.1) is 5.92 Å². The number of ether oxygens (including phenoxy) is 1. The van der Waals surface area contributed by atoms with Crippen LogP contribution in [0.5, 0.6) is 0 Å². The summed E-state index contributed by atoms with van der Waals surface area (Å²) in [5, 5.41) is 3.74. The number of likely N-dealkylation sites (N-methyl/N-ethyl adjacent to an activating group) is 1. The van der Waals surface area contributed by atoms with Gasteiger partial charge in [-0.3, -0.25) is 4.90 Å². The molecule has 3 nitrogen and oxygen atoms in total. The molecule has 1 fully saturated rings. The van der Waals surface area contributed by atoms with E-state index in [9.17, 15) is 0 Å². The number of nitrogens with one attached hydrogen (secondary N) is 1. The Morgan fingerprint density at radius 2 is 1.79 bits per heavy atom. The average molecular weight is 270 g/mol. The lowest BCUT2D eigenvalue weighted by atomic mass is 9.83. The predicted octanol–water partition coefficient (Wildman–Crippen LogP) is 2.90. The molecule has 3 heteroatoms. The van der Waals surface area contributed by atoms with E-state index in [-0.39, 0.29) is 5.54 Å². The Morgan fingerprint density at radius 3 is 2.26 bits per heavy atom. The van der Waals surface area contributed by atoms with E-state index in [0.29, 0.717) is 6.04 Å². The molecule has 0 spiro atoms. The molecule has 1 rings (SSSR count). The lowest BCUT2D eigenvalue weighted by Crippen LogP contribution is -2.61. The Labute approximate surface area is 120 Å². The fraction of sp³-hybridized carbons (Fsp3) is 1.00. The molecule has 114 valence electrons. The fourth-order valence-corrected chi connectivity index (χ4v) is 3.14. The molecule has 0 bridgehead atoms. The summed E-state index contributed by atoms with van der Waals surface area (Å²) >= 11 is 0. The van der Waals surface area contributed by atoms with Crippen LogP contribution in [0.1, 0.15) is 53.9 Å². The maximum Gasteiger partial charge on any atom is 0.0594 e. The smallest absolute Gasteiger partial charge is 0.0594 e. The lowest BCUT2D eigenvalue weighted by molar-refractivity contribution is -0.0337. The van der Waals surface area contributed by atoms with Crippen molar-refractivity contribution in [2.75, 3.05) is 32.8 Å². The highest BCUT2D eigenvalue weighted by atomic mass is 16.5. The van der Waals surface area contributed by atoms with Gasteiger partial charge < -0.3 is 10.1 Å². The Morgan fingerprint density at radius 1 is 1.16 bits per heavy atom. The van der Waals surface area contributed by atoms with E-state index in [4.69, 9.17) is 4.74 Å². The van der Waals surface area contributed by atoms with Crippen molar-refractivity contribution in [3.05, 3.63) is 0 Å². The molecule has 0 amide bonds. The molecule has 0 aromatic rings. The Hall–Kier alpha value is -0.120. The third-order valence-electron chi connectivity index (χ3n) is 4.68. The van der Waals surface area contributed by atoms with Crippen molar-refractivity contribution < 1.29 is 4.74 Å². The number of morpholine rings is 1. The Balaban J connectivity index is 2.73. The van der Waals surface area contributed by atoms with Gasteiger partial charge in [-0.1, -0.05) is 27.7 Å². The van der Waals surface area contributed by atoms with Gasteiger partial charge in [0.05, 0.1) is 13.2 Å². The van der Waals surface area contributed by atoms with Gasteiger partial charge in [0.1, 0.15) is 0 Å². The summed E-state index contributed by atoms with van der Waals surface area (Å²) in [6.45, 7) is 16.6. The first-order chi connectivity index (χ1) is 9.04. The van der Waals surface area contributed by atoms with Crippen molar-refractivity contribution in [3.8, 4) is 0 Å². The largest absolute Gasteiger partial charge is 0.379 e. The summed E-state index contributed by atoms with van der Waals surface area (Å²) in [5.41, 5.74) is 0.259. The summed E-state index contributed by atoms with van der Waals surface area (Å²) < 4.78 is 5.52. The second kappa shape index (κ2) is 8.23. The van der Waals surface area contributed by atoms with Crippen LogP contribution in [-0.4, -0.2) is 49.3 Å². The molecule has 2 unspecified atom stereocenters. The number of hydrogen-bond donors (Lipinski definition) is 1. The first kappa shape index (κ1) is 16.9. The van der Waals surface area contributed by atoms with Gasteiger partial charge in [-0.25, -0.2) is 0 Å². The molecular weight excluding hydrogens is 236 g/mol. The zero-order valence-electron chi connectivity index (χ0n) is 13.7. The van der Waals surface area contributed by atoms with Crippen molar-refractivity contribution in [1.29, 1.82) is 0 Å². The number of rotatable bonds is 8. The second-order valence-corrected chi connectivity index (χ2v) is 6.39.